The highest BCUT2D eigenvalue weighted by atomic mass is 35.5. The van der Waals surface area contributed by atoms with Gasteiger partial charge in [-0.25, -0.2) is 13.1 Å². The summed E-state index contributed by atoms with van der Waals surface area (Å²) >= 11 is 5.85. The third-order valence-corrected chi connectivity index (χ3v) is 4.03. The summed E-state index contributed by atoms with van der Waals surface area (Å²) in [4.78, 5) is -0.0203. The van der Waals surface area contributed by atoms with Crippen LogP contribution < -0.4 is 4.72 Å². The molecule has 1 aromatic carbocycles. The van der Waals surface area contributed by atoms with E-state index in [1.807, 2.05) is 6.07 Å². The highest BCUT2D eigenvalue weighted by Crippen LogP contribution is 2.23. The van der Waals surface area contributed by atoms with E-state index in [9.17, 15) is 8.42 Å². The quantitative estimate of drug-likeness (QED) is 0.898. The molecule has 0 bridgehead atoms. The van der Waals surface area contributed by atoms with Gasteiger partial charge in [-0.05, 0) is 39.0 Å². The minimum Gasteiger partial charge on any atom is -0.207 e. The van der Waals surface area contributed by atoms with Gasteiger partial charge in [0.2, 0.25) is 10.0 Å². The van der Waals surface area contributed by atoms with Gasteiger partial charge in [-0.3, -0.25) is 0 Å². The first-order chi connectivity index (χ1) is 7.65. The zero-order valence-corrected chi connectivity index (χ0v) is 11.4. The molecule has 1 rings (SSSR count). The van der Waals surface area contributed by atoms with Crippen molar-refractivity contribution in [2.24, 2.45) is 0 Å². The molecule has 0 saturated carbocycles. The number of hydrogen-bond donors (Lipinski definition) is 1. The smallest absolute Gasteiger partial charge is 0.207 e. The van der Waals surface area contributed by atoms with Crippen molar-refractivity contribution >= 4 is 21.6 Å². The molecular formula is C11H13ClN2O2S. The van der Waals surface area contributed by atoms with Crippen molar-refractivity contribution in [3.05, 3.63) is 28.8 Å². The number of sulfonamides is 1. The molecule has 92 valence electrons. The first-order valence-electron chi connectivity index (χ1n) is 4.89. The summed E-state index contributed by atoms with van der Waals surface area (Å²) in [6, 6.07) is 5.98. The van der Waals surface area contributed by atoms with E-state index in [-0.39, 0.29) is 9.92 Å². The number of nitriles is 1. The van der Waals surface area contributed by atoms with Crippen LogP contribution in [0, 0.1) is 11.3 Å². The van der Waals surface area contributed by atoms with Gasteiger partial charge in [-0.15, -0.1) is 0 Å². The van der Waals surface area contributed by atoms with Crippen molar-refractivity contribution in [2.45, 2.75) is 31.2 Å². The summed E-state index contributed by atoms with van der Waals surface area (Å²) in [5.74, 6) is 0. The summed E-state index contributed by atoms with van der Waals surface area (Å²) in [5, 5.41) is 8.71. The summed E-state index contributed by atoms with van der Waals surface area (Å²) in [5.41, 5.74) is -0.263. The molecule has 0 atom stereocenters. The van der Waals surface area contributed by atoms with Gasteiger partial charge in [0.1, 0.15) is 4.90 Å². The normalized spacial score (nSPS) is 12.2. The Kier molecular flexibility index (Phi) is 3.82. The molecule has 0 heterocycles. The molecule has 4 nitrogen and oxygen atoms in total. The summed E-state index contributed by atoms with van der Waals surface area (Å²) in [6.07, 6.45) is 0. The van der Waals surface area contributed by atoms with Gasteiger partial charge < -0.3 is 0 Å². The van der Waals surface area contributed by atoms with Crippen molar-refractivity contribution in [3.8, 4) is 6.07 Å². The maximum Gasteiger partial charge on any atom is 0.242 e. The fourth-order valence-electron chi connectivity index (χ4n) is 1.25. The fourth-order valence-corrected chi connectivity index (χ4v) is 3.21. The van der Waals surface area contributed by atoms with Gasteiger partial charge in [-0.2, -0.15) is 5.26 Å². The number of nitrogens with zero attached hydrogens (tertiary/aromatic N) is 1. The molecule has 0 aromatic heterocycles. The third kappa shape index (κ3) is 3.70. The Morgan fingerprint density at radius 2 is 1.94 bits per heavy atom. The zero-order valence-electron chi connectivity index (χ0n) is 9.78. The van der Waals surface area contributed by atoms with Gasteiger partial charge in [0.05, 0.1) is 16.7 Å². The topological polar surface area (TPSA) is 70.0 Å². The average molecular weight is 273 g/mol. The standard InChI is InChI=1S/C11H13ClN2O2S/c1-11(2,3)14-17(15,16)10-5-4-8(7-13)6-9(10)12/h4-6,14H,1-3H3. The first-order valence-corrected chi connectivity index (χ1v) is 6.75. The fraction of sp³-hybridized carbons (Fsp3) is 0.364. The van der Waals surface area contributed by atoms with Crippen LogP contribution in [0.1, 0.15) is 26.3 Å². The molecule has 0 fully saturated rings. The van der Waals surface area contributed by atoms with Crippen LogP contribution in [0.2, 0.25) is 5.02 Å². The molecule has 0 aliphatic heterocycles. The number of benzene rings is 1. The Bertz CT molecular complexity index is 568. The predicted molar refractivity (Wildman–Crippen MR) is 66.2 cm³/mol. The van der Waals surface area contributed by atoms with Crippen molar-refractivity contribution in [2.75, 3.05) is 0 Å². The van der Waals surface area contributed by atoms with E-state index in [0.717, 1.165) is 0 Å². The van der Waals surface area contributed by atoms with Gasteiger partial charge in [0.15, 0.2) is 0 Å². The van der Waals surface area contributed by atoms with Crippen LogP contribution in [0.5, 0.6) is 0 Å². The third-order valence-electron chi connectivity index (χ3n) is 1.79. The van der Waals surface area contributed by atoms with Crippen LogP contribution in [-0.2, 0) is 10.0 Å². The van der Waals surface area contributed by atoms with Crippen molar-refractivity contribution in [1.29, 1.82) is 5.26 Å². The summed E-state index contributed by atoms with van der Waals surface area (Å²) in [6.45, 7) is 5.21. The van der Waals surface area contributed by atoms with Gasteiger partial charge in [-0.1, -0.05) is 11.6 Å². The lowest BCUT2D eigenvalue weighted by Crippen LogP contribution is -2.40. The Labute approximate surface area is 106 Å². The second kappa shape index (κ2) is 4.65. The van der Waals surface area contributed by atoms with Gasteiger partial charge >= 0.3 is 0 Å². The molecule has 0 saturated heterocycles. The maximum absolute atomic E-state index is 12.0. The van der Waals surface area contributed by atoms with E-state index in [0.29, 0.717) is 5.56 Å². The Hall–Kier alpha value is -1.09. The van der Waals surface area contributed by atoms with Gasteiger partial charge in [0, 0.05) is 5.54 Å². The Morgan fingerprint density at radius 3 is 2.35 bits per heavy atom. The predicted octanol–water partition coefficient (Wildman–Crippen LogP) is 2.29. The van der Waals surface area contributed by atoms with E-state index < -0.39 is 15.6 Å². The molecule has 0 amide bonds. The Morgan fingerprint density at radius 1 is 1.35 bits per heavy atom. The monoisotopic (exact) mass is 272 g/mol. The van der Waals surface area contributed by atoms with Crippen LogP contribution in [-0.4, -0.2) is 14.0 Å². The van der Waals surface area contributed by atoms with Crippen molar-refractivity contribution in [3.63, 3.8) is 0 Å². The summed E-state index contributed by atoms with van der Waals surface area (Å²) in [7, 11) is -3.66. The Balaban J connectivity index is 3.22. The molecular weight excluding hydrogens is 260 g/mol. The van der Waals surface area contributed by atoms with Crippen LogP contribution in [0.4, 0.5) is 0 Å². The molecule has 0 aliphatic carbocycles. The lowest BCUT2D eigenvalue weighted by molar-refractivity contribution is 0.491. The molecule has 1 aromatic rings. The van der Waals surface area contributed by atoms with Crippen LogP contribution in [0.25, 0.3) is 0 Å². The number of rotatable bonds is 2. The minimum atomic E-state index is -3.66. The molecule has 1 N–H and O–H groups in total. The molecule has 0 unspecified atom stereocenters. The average Bonchev–Trinajstić information content (AvgIpc) is 2.13. The molecule has 0 aliphatic rings. The van der Waals surface area contributed by atoms with Crippen molar-refractivity contribution < 1.29 is 8.42 Å². The van der Waals surface area contributed by atoms with E-state index in [1.54, 1.807) is 20.8 Å². The SMILES string of the molecule is CC(C)(C)NS(=O)(=O)c1ccc(C#N)cc1Cl. The molecule has 0 radical (unpaired) electrons. The molecule has 17 heavy (non-hydrogen) atoms. The maximum atomic E-state index is 12.0. The van der Waals surface area contributed by atoms with Gasteiger partial charge in [0.25, 0.3) is 0 Å². The number of halogens is 1. The summed E-state index contributed by atoms with van der Waals surface area (Å²) < 4.78 is 26.5. The zero-order chi connectivity index (χ0) is 13.3. The molecule has 0 spiro atoms. The van der Waals surface area contributed by atoms with Crippen LogP contribution >= 0.6 is 11.6 Å². The van der Waals surface area contributed by atoms with Crippen molar-refractivity contribution in [1.82, 2.24) is 4.72 Å². The molecule has 6 heteroatoms. The van der Waals surface area contributed by atoms with E-state index in [2.05, 4.69) is 4.72 Å². The first kappa shape index (κ1) is 14.0. The van der Waals surface area contributed by atoms with E-state index >= 15 is 0 Å². The van der Waals surface area contributed by atoms with Crippen LogP contribution in [0.15, 0.2) is 23.1 Å². The number of nitrogens with one attached hydrogen (secondary N) is 1. The lowest BCUT2D eigenvalue weighted by atomic mass is 10.1. The van der Waals surface area contributed by atoms with Crippen LogP contribution in [0.3, 0.4) is 0 Å². The highest BCUT2D eigenvalue weighted by Gasteiger charge is 2.24. The van der Waals surface area contributed by atoms with E-state index in [1.165, 1.54) is 18.2 Å². The lowest BCUT2D eigenvalue weighted by Gasteiger charge is -2.20. The minimum absolute atomic E-state index is 0.0203. The second-order valence-corrected chi connectivity index (χ2v) is 6.67. The van der Waals surface area contributed by atoms with E-state index in [4.69, 9.17) is 16.9 Å². The second-order valence-electron chi connectivity index (χ2n) is 4.61. The largest absolute Gasteiger partial charge is 0.242 e. The highest BCUT2D eigenvalue weighted by molar-refractivity contribution is 7.89. The number of hydrogen-bond acceptors (Lipinski definition) is 3.